The van der Waals surface area contributed by atoms with Crippen LogP contribution in [-0.4, -0.2) is 21.8 Å². The van der Waals surface area contributed by atoms with E-state index in [4.69, 9.17) is 11.6 Å². The maximum absolute atomic E-state index is 12.7. The van der Waals surface area contributed by atoms with E-state index in [0.717, 1.165) is 5.56 Å². The average Bonchev–Trinajstić information content (AvgIpc) is 2.80. The highest BCUT2D eigenvalue weighted by atomic mass is 35.5. The lowest BCUT2D eigenvalue weighted by molar-refractivity contribution is -0.114. The predicted octanol–water partition coefficient (Wildman–Crippen LogP) is 3.87. The van der Waals surface area contributed by atoms with Crippen LogP contribution in [0.1, 0.15) is 18.1 Å². The van der Waals surface area contributed by atoms with Gasteiger partial charge in [-0.25, -0.2) is 0 Å². The molecule has 0 spiro atoms. The summed E-state index contributed by atoms with van der Waals surface area (Å²) >= 11 is 6.12. The average molecular weight is 343 g/mol. The summed E-state index contributed by atoms with van der Waals surface area (Å²) in [5, 5.41) is 25.4. The first-order valence-corrected chi connectivity index (χ1v) is 7.64. The molecular weight excluding hydrogens is 328 g/mol. The highest BCUT2D eigenvalue weighted by Crippen LogP contribution is 2.30. The lowest BCUT2D eigenvalue weighted by atomic mass is 10.1. The summed E-state index contributed by atoms with van der Waals surface area (Å²) in [6.07, 6.45) is 1.55. The van der Waals surface area contributed by atoms with Gasteiger partial charge in [-0.2, -0.15) is 10.1 Å². The third-order valence-electron chi connectivity index (χ3n) is 3.78. The second-order valence-corrected chi connectivity index (χ2v) is 5.94. The molecule has 0 fully saturated rings. The molecule has 0 saturated heterocycles. The fourth-order valence-corrected chi connectivity index (χ4v) is 2.56. The monoisotopic (exact) mass is 342 g/mol. The largest absolute Gasteiger partial charge is 0.508 e. The summed E-state index contributed by atoms with van der Waals surface area (Å²) in [6.45, 7) is 3.60. The molecule has 1 aliphatic rings. The van der Waals surface area contributed by atoms with Gasteiger partial charge < -0.3 is 10.2 Å². The van der Waals surface area contributed by atoms with Gasteiger partial charge in [-0.05, 0) is 49.8 Å². The Morgan fingerprint density at radius 3 is 2.54 bits per heavy atom. The Hall–Kier alpha value is -2.79. The summed E-state index contributed by atoms with van der Waals surface area (Å²) in [6, 6.07) is 9.47. The van der Waals surface area contributed by atoms with Crippen molar-refractivity contribution in [3.05, 3.63) is 58.1 Å². The smallest absolute Gasteiger partial charge is 0.280 e. The van der Waals surface area contributed by atoms with Crippen molar-refractivity contribution in [2.45, 2.75) is 13.8 Å². The van der Waals surface area contributed by atoms with Gasteiger partial charge in [-0.1, -0.05) is 17.7 Å². The van der Waals surface area contributed by atoms with Crippen LogP contribution in [0, 0.1) is 6.92 Å². The zero-order chi connectivity index (χ0) is 17.4. The van der Waals surface area contributed by atoms with Crippen molar-refractivity contribution in [3.63, 3.8) is 0 Å². The van der Waals surface area contributed by atoms with Crippen molar-refractivity contribution in [2.24, 2.45) is 5.10 Å². The van der Waals surface area contributed by atoms with Gasteiger partial charge in [0.1, 0.15) is 11.5 Å². The standard InChI is InChI=1S/C18H15ClN2O3/c1-10-3-5-13(8-16(10)19)21-18(24)15(11(2)20-21)7-12-4-6-14(22)9-17(12)23/h3-9,22-23H,1-2H3. The number of aryl methyl sites for hydroxylation is 1. The Morgan fingerprint density at radius 1 is 1.12 bits per heavy atom. The first-order chi connectivity index (χ1) is 11.4. The van der Waals surface area contributed by atoms with Crippen LogP contribution < -0.4 is 5.01 Å². The Balaban J connectivity index is 1.98. The van der Waals surface area contributed by atoms with Gasteiger partial charge in [0, 0.05) is 16.7 Å². The van der Waals surface area contributed by atoms with Crippen LogP contribution in [0.5, 0.6) is 11.5 Å². The van der Waals surface area contributed by atoms with E-state index >= 15 is 0 Å². The molecule has 0 unspecified atom stereocenters. The molecule has 0 saturated carbocycles. The molecule has 1 aliphatic heterocycles. The number of rotatable bonds is 2. The third-order valence-corrected chi connectivity index (χ3v) is 4.18. The van der Waals surface area contributed by atoms with Gasteiger partial charge in [-0.15, -0.1) is 0 Å². The summed E-state index contributed by atoms with van der Waals surface area (Å²) in [4.78, 5) is 12.7. The number of hydrogen-bond donors (Lipinski definition) is 2. The van der Waals surface area contributed by atoms with Gasteiger partial charge in [0.25, 0.3) is 5.91 Å². The number of aromatic hydroxyl groups is 2. The normalized spacial score (nSPS) is 16.0. The molecule has 3 rings (SSSR count). The molecule has 2 N–H and O–H groups in total. The van der Waals surface area contributed by atoms with Crippen molar-refractivity contribution in [2.75, 3.05) is 5.01 Å². The first-order valence-electron chi connectivity index (χ1n) is 7.26. The first kappa shape index (κ1) is 16.1. The number of phenolic OH excluding ortho intramolecular Hbond substituents is 2. The zero-order valence-corrected chi connectivity index (χ0v) is 13.9. The summed E-state index contributed by atoms with van der Waals surface area (Å²) in [7, 11) is 0. The Kier molecular flexibility index (Phi) is 4.03. The Morgan fingerprint density at radius 2 is 1.88 bits per heavy atom. The fraction of sp³-hybridized carbons (Fsp3) is 0.111. The van der Waals surface area contributed by atoms with Gasteiger partial charge in [-0.3, -0.25) is 4.79 Å². The van der Waals surface area contributed by atoms with Crippen LogP contribution in [0.15, 0.2) is 47.1 Å². The molecule has 24 heavy (non-hydrogen) atoms. The van der Waals surface area contributed by atoms with Gasteiger partial charge in [0.05, 0.1) is 17.0 Å². The van der Waals surface area contributed by atoms with E-state index < -0.39 is 0 Å². The molecule has 5 nitrogen and oxygen atoms in total. The molecule has 2 aromatic carbocycles. The van der Waals surface area contributed by atoms with Crippen LogP contribution in [0.4, 0.5) is 5.69 Å². The van der Waals surface area contributed by atoms with Crippen LogP contribution in [0.2, 0.25) is 5.02 Å². The van der Waals surface area contributed by atoms with E-state index in [0.29, 0.717) is 27.6 Å². The number of carbonyl (C=O) groups excluding carboxylic acids is 1. The Bertz CT molecular complexity index is 903. The molecule has 2 aromatic rings. The van der Waals surface area contributed by atoms with E-state index in [1.807, 2.05) is 13.0 Å². The molecule has 0 aliphatic carbocycles. The van der Waals surface area contributed by atoms with E-state index in [1.54, 1.807) is 25.1 Å². The number of amides is 1. The third kappa shape index (κ3) is 2.86. The molecule has 0 bridgehead atoms. The summed E-state index contributed by atoms with van der Waals surface area (Å²) in [5.74, 6) is -0.464. The predicted molar refractivity (Wildman–Crippen MR) is 94.5 cm³/mol. The molecule has 0 radical (unpaired) electrons. The number of hydrogen-bond acceptors (Lipinski definition) is 4. The van der Waals surface area contributed by atoms with Crippen LogP contribution in [0.25, 0.3) is 6.08 Å². The van der Waals surface area contributed by atoms with Crippen molar-refractivity contribution < 1.29 is 15.0 Å². The minimum atomic E-state index is -0.306. The number of anilines is 1. The fourth-order valence-electron chi connectivity index (χ4n) is 2.38. The van der Waals surface area contributed by atoms with E-state index in [9.17, 15) is 15.0 Å². The van der Waals surface area contributed by atoms with E-state index in [1.165, 1.54) is 23.2 Å². The SMILES string of the molecule is CC1=NN(c2ccc(C)c(Cl)c2)C(=O)C1=Cc1ccc(O)cc1O. The van der Waals surface area contributed by atoms with E-state index in [2.05, 4.69) is 5.10 Å². The number of halogens is 1. The number of nitrogens with zero attached hydrogens (tertiary/aromatic N) is 2. The highest BCUT2D eigenvalue weighted by Gasteiger charge is 2.29. The van der Waals surface area contributed by atoms with Crippen LogP contribution in [-0.2, 0) is 4.79 Å². The number of carbonyl (C=O) groups is 1. The molecule has 1 heterocycles. The zero-order valence-electron chi connectivity index (χ0n) is 13.1. The number of phenols is 2. The van der Waals surface area contributed by atoms with E-state index in [-0.39, 0.29) is 17.4 Å². The molecule has 1 amide bonds. The van der Waals surface area contributed by atoms with Gasteiger partial charge >= 0.3 is 0 Å². The maximum Gasteiger partial charge on any atom is 0.280 e. The summed E-state index contributed by atoms with van der Waals surface area (Å²) < 4.78 is 0. The van der Waals surface area contributed by atoms with Gasteiger partial charge in [0.2, 0.25) is 0 Å². The number of hydrazone groups is 1. The van der Waals surface area contributed by atoms with Crippen LogP contribution >= 0.6 is 11.6 Å². The van der Waals surface area contributed by atoms with Crippen molar-refractivity contribution in [1.29, 1.82) is 0 Å². The van der Waals surface area contributed by atoms with Crippen molar-refractivity contribution in [3.8, 4) is 11.5 Å². The quantitative estimate of drug-likeness (QED) is 0.814. The van der Waals surface area contributed by atoms with Crippen LogP contribution in [0.3, 0.4) is 0 Å². The lowest BCUT2D eigenvalue weighted by Gasteiger charge is -2.12. The minimum Gasteiger partial charge on any atom is -0.508 e. The van der Waals surface area contributed by atoms with Gasteiger partial charge in [0.15, 0.2) is 0 Å². The Labute approximate surface area is 144 Å². The maximum atomic E-state index is 12.7. The number of benzene rings is 2. The molecule has 6 heteroatoms. The summed E-state index contributed by atoms with van der Waals surface area (Å²) in [5.41, 5.74) is 2.82. The van der Waals surface area contributed by atoms with Crippen molar-refractivity contribution >= 4 is 35.0 Å². The molecule has 0 atom stereocenters. The molecule has 122 valence electrons. The minimum absolute atomic E-state index is 0.0475. The molecule has 0 aromatic heterocycles. The lowest BCUT2D eigenvalue weighted by Crippen LogP contribution is -2.21. The second kappa shape index (κ2) is 6.02. The highest BCUT2D eigenvalue weighted by molar-refractivity contribution is 6.33. The second-order valence-electron chi connectivity index (χ2n) is 5.54. The van der Waals surface area contributed by atoms with Crippen molar-refractivity contribution in [1.82, 2.24) is 0 Å². The molecular formula is C18H15ClN2O3. The topological polar surface area (TPSA) is 73.1 Å².